The lowest BCUT2D eigenvalue weighted by molar-refractivity contribution is -0.138. The molecule has 0 spiro atoms. The first-order valence-electron chi connectivity index (χ1n) is 5.99. The third-order valence-electron chi connectivity index (χ3n) is 3.02. The molecule has 0 saturated heterocycles. The Morgan fingerprint density at radius 2 is 1.65 bits per heavy atom. The van der Waals surface area contributed by atoms with Gasteiger partial charge in [0.15, 0.2) is 0 Å². The fourth-order valence-corrected chi connectivity index (χ4v) is 1.76. The van der Waals surface area contributed by atoms with Crippen molar-refractivity contribution >= 4 is 5.69 Å². The van der Waals surface area contributed by atoms with E-state index in [1.807, 2.05) is 13.8 Å². The van der Waals surface area contributed by atoms with Crippen molar-refractivity contribution < 1.29 is 17.9 Å². The van der Waals surface area contributed by atoms with E-state index in [1.165, 1.54) is 12.1 Å². The number of aryl methyl sites for hydroxylation is 2. The minimum absolute atomic E-state index is 0.0461. The molecule has 20 heavy (non-hydrogen) atoms. The summed E-state index contributed by atoms with van der Waals surface area (Å²) in [6.45, 7) is 3.79. The van der Waals surface area contributed by atoms with Crippen molar-refractivity contribution in [2.24, 2.45) is 0 Å². The van der Waals surface area contributed by atoms with Crippen LogP contribution in [0.1, 0.15) is 16.7 Å². The van der Waals surface area contributed by atoms with Crippen LogP contribution in [0.25, 0.3) is 0 Å². The highest BCUT2D eigenvalue weighted by molar-refractivity contribution is 5.50. The maximum absolute atomic E-state index is 12.9. The summed E-state index contributed by atoms with van der Waals surface area (Å²) in [6, 6.07) is 8.62. The molecule has 0 unspecified atom stereocenters. The Balaban J connectivity index is 2.40. The zero-order chi connectivity index (χ0) is 14.9. The molecule has 2 aromatic carbocycles. The van der Waals surface area contributed by atoms with E-state index in [1.54, 1.807) is 18.2 Å². The van der Waals surface area contributed by atoms with Crippen LogP contribution in [-0.4, -0.2) is 0 Å². The summed E-state index contributed by atoms with van der Waals surface area (Å²) in [5.74, 6) is 0.110. The highest BCUT2D eigenvalue weighted by atomic mass is 19.4. The highest BCUT2D eigenvalue weighted by Crippen LogP contribution is 2.39. The number of nitrogen functional groups attached to an aromatic ring is 1. The van der Waals surface area contributed by atoms with Gasteiger partial charge in [-0.15, -0.1) is 0 Å². The van der Waals surface area contributed by atoms with Gasteiger partial charge in [0.05, 0.1) is 0 Å². The second-order valence-electron chi connectivity index (χ2n) is 4.60. The first-order chi connectivity index (χ1) is 9.27. The van der Waals surface area contributed by atoms with E-state index < -0.39 is 11.7 Å². The molecule has 2 N–H and O–H groups in total. The first kappa shape index (κ1) is 14.2. The predicted octanol–water partition coefficient (Wildman–Crippen LogP) is 4.70. The SMILES string of the molecule is Cc1ccc(Oc2ccc(N)cc2C(F)(F)F)cc1C. The first-order valence-corrected chi connectivity index (χ1v) is 5.99. The molecule has 0 bridgehead atoms. The lowest BCUT2D eigenvalue weighted by atomic mass is 10.1. The van der Waals surface area contributed by atoms with Crippen LogP contribution in [0.2, 0.25) is 0 Å². The minimum atomic E-state index is -4.51. The van der Waals surface area contributed by atoms with Gasteiger partial charge >= 0.3 is 6.18 Å². The summed E-state index contributed by atoms with van der Waals surface area (Å²) < 4.78 is 44.2. The van der Waals surface area contributed by atoms with E-state index in [-0.39, 0.29) is 11.4 Å². The van der Waals surface area contributed by atoms with E-state index in [4.69, 9.17) is 10.5 Å². The quantitative estimate of drug-likeness (QED) is 0.810. The van der Waals surface area contributed by atoms with Crippen LogP contribution in [0.15, 0.2) is 36.4 Å². The minimum Gasteiger partial charge on any atom is -0.457 e. The van der Waals surface area contributed by atoms with Crippen LogP contribution in [0.3, 0.4) is 0 Å². The summed E-state index contributed by atoms with van der Waals surface area (Å²) >= 11 is 0. The topological polar surface area (TPSA) is 35.2 Å². The summed E-state index contributed by atoms with van der Waals surface area (Å²) in [4.78, 5) is 0. The van der Waals surface area contributed by atoms with Gasteiger partial charge < -0.3 is 10.5 Å². The number of hydrogen-bond donors (Lipinski definition) is 1. The van der Waals surface area contributed by atoms with Gasteiger partial charge in [0.1, 0.15) is 17.1 Å². The smallest absolute Gasteiger partial charge is 0.420 e. The Morgan fingerprint density at radius 1 is 0.950 bits per heavy atom. The number of anilines is 1. The van der Waals surface area contributed by atoms with Crippen molar-refractivity contribution in [2.45, 2.75) is 20.0 Å². The molecule has 0 aliphatic rings. The molecule has 0 aliphatic heterocycles. The van der Waals surface area contributed by atoms with Gasteiger partial charge in [-0.1, -0.05) is 6.07 Å². The van der Waals surface area contributed by atoms with Crippen LogP contribution in [0.4, 0.5) is 18.9 Å². The largest absolute Gasteiger partial charge is 0.457 e. The van der Waals surface area contributed by atoms with Gasteiger partial charge in [0, 0.05) is 5.69 Å². The van der Waals surface area contributed by atoms with Crippen LogP contribution in [0.5, 0.6) is 11.5 Å². The second-order valence-corrected chi connectivity index (χ2v) is 4.60. The molecule has 0 aromatic heterocycles. The molecule has 2 rings (SSSR count). The van der Waals surface area contributed by atoms with Gasteiger partial charge in [0.25, 0.3) is 0 Å². The predicted molar refractivity (Wildman–Crippen MR) is 71.8 cm³/mol. The van der Waals surface area contributed by atoms with E-state index in [0.717, 1.165) is 17.2 Å². The molecule has 0 heterocycles. The molecule has 5 heteroatoms. The molecular weight excluding hydrogens is 267 g/mol. The molecule has 0 saturated carbocycles. The van der Waals surface area contributed by atoms with Crippen molar-refractivity contribution in [3.05, 3.63) is 53.1 Å². The number of hydrogen-bond acceptors (Lipinski definition) is 2. The summed E-state index contributed by atoms with van der Waals surface area (Å²) in [7, 11) is 0. The molecule has 0 radical (unpaired) electrons. The third kappa shape index (κ3) is 3.04. The number of halogens is 3. The molecule has 0 atom stereocenters. The molecule has 0 aliphatic carbocycles. The number of rotatable bonds is 2. The average molecular weight is 281 g/mol. The Morgan fingerprint density at radius 3 is 2.25 bits per heavy atom. The van der Waals surface area contributed by atoms with Crippen LogP contribution in [-0.2, 0) is 6.18 Å². The molecular formula is C15H14F3NO. The van der Waals surface area contributed by atoms with Crippen molar-refractivity contribution in [1.82, 2.24) is 0 Å². The molecule has 0 amide bonds. The summed E-state index contributed by atoms with van der Waals surface area (Å²) in [6.07, 6.45) is -4.51. The fraction of sp³-hybridized carbons (Fsp3) is 0.200. The van der Waals surface area contributed by atoms with Crippen LogP contribution >= 0.6 is 0 Å². The Bertz CT molecular complexity index is 636. The van der Waals surface area contributed by atoms with E-state index in [9.17, 15) is 13.2 Å². The zero-order valence-corrected chi connectivity index (χ0v) is 11.1. The van der Waals surface area contributed by atoms with E-state index >= 15 is 0 Å². The number of ether oxygens (including phenoxy) is 1. The molecule has 0 fully saturated rings. The maximum atomic E-state index is 12.9. The lowest BCUT2D eigenvalue weighted by Crippen LogP contribution is -2.08. The normalized spacial score (nSPS) is 11.4. The molecule has 2 aromatic rings. The second kappa shape index (κ2) is 5.07. The van der Waals surface area contributed by atoms with Crippen LogP contribution in [0, 0.1) is 13.8 Å². The monoisotopic (exact) mass is 281 g/mol. The number of nitrogens with two attached hydrogens (primary N) is 1. The van der Waals surface area contributed by atoms with Gasteiger partial charge in [-0.05, 0) is 55.3 Å². The highest BCUT2D eigenvalue weighted by Gasteiger charge is 2.34. The number of alkyl halides is 3. The Labute approximate surface area is 115 Å². The summed E-state index contributed by atoms with van der Waals surface area (Å²) in [5, 5.41) is 0. The average Bonchev–Trinajstić information content (AvgIpc) is 2.35. The van der Waals surface area contributed by atoms with Gasteiger partial charge in [-0.3, -0.25) is 0 Å². The van der Waals surface area contributed by atoms with E-state index in [2.05, 4.69) is 0 Å². The lowest BCUT2D eigenvalue weighted by Gasteiger charge is -2.15. The van der Waals surface area contributed by atoms with Crippen LogP contribution < -0.4 is 10.5 Å². The van der Waals surface area contributed by atoms with Gasteiger partial charge in [0.2, 0.25) is 0 Å². The van der Waals surface area contributed by atoms with Crippen molar-refractivity contribution in [1.29, 1.82) is 0 Å². The fourth-order valence-electron chi connectivity index (χ4n) is 1.76. The number of benzene rings is 2. The standard InChI is InChI=1S/C15H14F3NO/c1-9-3-5-12(7-10(9)2)20-14-6-4-11(19)8-13(14)15(16,17)18/h3-8H,19H2,1-2H3. The van der Waals surface area contributed by atoms with Crippen molar-refractivity contribution in [3.63, 3.8) is 0 Å². The molecule has 106 valence electrons. The zero-order valence-electron chi connectivity index (χ0n) is 11.1. The third-order valence-corrected chi connectivity index (χ3v) is 3.02. The molecule has 2 nitrogen and oxygen atoms in total. The van der Waals surface area contributed by atoms with Crippen molar-refractivity contribution in [3.8, 4) is 11.5 Å². The van der Waals surface area contributed by atoms with Gasteiger partial charge in [-0.2, -0.15) is 13.2 Å². The maximum Gasteiger partial charge on any atom is 0.420 e. The Hall–Kier alpha value is -2.17. The van der Waals surface area contributed by atoms with Gasteiger partial charge in [-0.25, -0.2) is 0 Å². The summed E-state index contributed by atoms with van der Waals surface area (Å²) in [5.41, 5.74) is 6.57. The Kier molecular flexibility index (Phi) is 3.61. The van der Waals surface area contributed by atoms with Crippen molar-refractivity contribution in [2.75, 3.05) is 5.73 Å². The van der Waals surface area contributed by atoms with E-state index in [0.29, 0.717) is 5.75 Å².